The minimum absolute atomic E-state index is 0.0391. The molecule has 128 valence electrons. The van der Waals surface area contributed by atoms with E-state index in [2.05, 4.69) is 15.1 Å². The average Bonchev–Trinajstić information content (AvgIpc) is 3.28. The van der Waals surface area contributed by atoms with E-state index in [1.807, 2.05) is 24.3 Å². The molecular formula is C18H13FN6O. The number of carbonyl (C=O) groups is 1. The Labute approximate surface area is 148 Å². The molecule has 0 aliphatic carbocycles. The van der Waals surface area contributed by atoms with Gasteiger partial charge < -0.3 is 4.90 Å². The Morgan fingerprint density at radius 1 is 1.15 bits per heavy atom. The molecule has 1 aliphatic heterocycles. The zero-order valence-corrected chi connectivity index (χ0v) is 13.6. The highest BCUT2D eigenvalue weighted by atomic mass is 19.1. The van der Waals surface area contributed by atoms with Crippen molar-refractivity contribution in [1.82, 2.24) is 24.6 Å². The number of halogens is 1. The third-order valence-corrected chi connectivity index (χ3v) is 4.28. The summed E-state index contributed by atoms with van der Waals surface area (Å²) in [6.45, 7) is 1.06. The highest BCUT2D eigenvalue weighted by molar-refractivity contribution is 5.77. The third-order valence-electron chi connectivity index (χ3n) is 4.28. The first kappa shape index (κ1) is 15.9. The first-order valence-electron chi connectivity index (χ1n) is 7.93. The van der Waals surface area contributed by atoms with Crippen LogP contribution in [0.5, 0.6) is 0 Å². The normalized spacial score (nSPS) is 12.7. The Hall–Kier alpha value is -3.60. The molecule has 0 bridgehead atoms. The topological polar surface area (TPSA) is 87.7 Å². The molecule has 0 spiro atoms. The van der Waals surface area contributed by atoms with Gasteiger partial charge in [-0.3, -0.25) is 4.79 Å². The van der Waals surface area contributed by atoms with E-state index in [-0.39, 0.29) is 18.3 Å². The minimum Gasteiger partial charge on any atom is -0.332 e. The van der Waals surface area contributed by atoms with Crippen LogP contribution in [0.15, 0.2) is 42.9 Å². The summed E-state index contributed by atoms with van der Waals surface area (Å²) < 4.78 is 14.3. The maximum absolute atomic E-state index is 13.0. The highest BCUT2D eigenvalue weighted by Crippen LogP contribution is 2.28. The van der Waals surface area contributed by atoms with Gasteiger partial charge in [0.2, 0.25) is 11.9 Å². The largest absolute Gasteiger partial charge is 0.332 e. The second kappa shape index (κ2) is 6.37. The first-order chi connectivity index (χ1) is 12.6. The van der Waals surface area contributed by atoms with Gasteiger partial charge in [0.1, 0.15) is 18.9 Å². The fourth-order valence-corrected chi connectivity index (χ4v) is 2.96. The quantitative estimate of drug-likeness (QED) is 0.675. The second-order valence-electron chi connectivity index (χ2n) is 5.98. The lowest BCUT2D eigenvalue weighted by atomic mass is 10.0. The van der Waals surface area contributed by atoms with Crippen molar-refractivity contribution in [2.75, 3.05) is 0 Å². The van der Waals surface area contributed by atoms with Gasteiger partial charge in [0.25, 0.3) is 5.82 Å². The van der Waals surface area contributed by atoms with Crippen LogP contribution in [0.3, 0.4) is 0 Å². The summed E-state index contributed by atoms with van der Waals surface area (Å²) in [5.41, 5.74) is 3.89. The van der Waals surface area contributed by atoms with Gasteiger partial charge in [0.15, 0.2) is 0 Å². The van der Waals surface area contributed by atoms with Gasteiger partial charge in [-0.05, 0) is 34.9 Å². The number of fused-ring (bicyclic) bond motifs is 1. The van der Waals surface area contributed by atoms with Crippen LogP contribution in [-0.2, 0) is 24.4 Å². The zero-order valence-electron chi connectivity index (χ0n) is 13.6. The molecule has 0 atom stereocenters. The van der Waals surface area contributed by atoms with Crippen LogP contribution in [0.1, 0.15) is 17.0 Å². The van der Waals surface area contributed by atoms with Gasteiger partial charge in [-0.25, -0.2) is 14.6 Å². The van der Waals surface area contributed by atoms with Crippen molar-refractivity contribution >= 4 is 5.91 Å². The standard InChI is InChI=1S/C18H13FN6O/c19-16-4-3-13(7-21-16)12-1-2-14-8-24(9-15(14)5-12)18(26)10-25-11-22-17(6-20)23-25/h1-5,7,11H,8-10H2. The van der Waals surface area contributed by atoms with Crippen LogP contribution in [0.25, 0.3) is 11.1 Å². The lowest BCUT2D eigenvalue weighted by molar-refractivity contribution is -0.132. The smallest absolute Gasteiger partial charge is 0.252 e. The Bertz CT molecular complexity index is 1020. The molecular weight excluding hydrogens is 335 g/mol. The molecule has 0 unspecified atom stereocenters. The lowest BCUT2D eigenvalue weighted by Crippen LogP contribution is -2.29. The molecule has 1 amide bonds. The van der Waals surface area contributed by atoms with E-state index in [4.69, 9.17) is 5.26 Å². The van der Waals surface area contributed by atoms with Crippen LogP contribution in [0.2, 0.25) is 0 Å². The van der Waals surface area contributed by atoms with Crippen molar-refractivity contribution < 1.29 is 9.18 Å². The number of amides is 1. The molecule has 26 heavy (non-hydrogen) atoms. The van der Waals surface area contributed by atoms with E-state index in [0.717, 1.165) is 22.3 Å². The fourth-order valence-electron chi connectivity index (χ4n) is 2.96. The molecule has 0 fully saturated rings. The van der Waals surface area contributed by atoms with Crippen LogP contribution in [-0.4, -0.2) is 30.6 Å². The van der Waals surface area contributed by atoms with Crippen molar-refractivity contribution in [3.05, 3.63) is 65.8 Å². The third kappa shape index (κ3) is 3.02. The van der Waals surface area contributed by atoms with E-state index in [1.54, 1.807) is 11.0 Å². The Balaban J connectivity index is 1.49. The lowest BCUT2D eigenvalue weighted by Gasteiger charge is -2.14. The minimum atomic E-state index is -0.514. The SMILES string of the molecule is N#Cc1ncn(CC(=O)N2Cc3ccc(-c4ccc(F)nc4)cc3C2)n1. The number of benzene rings is 1. The highest BCUT2D eigenvalue weighted by Gasteiger charge is 2.24. The number of nitrogens with zero attached hydrogens (tertiary/aromatic N) is 6. The number of pyridine rings is 1. The summed E-state index contributed by atoms with van der Waals surface area (Å²) in [6.07, 6.45) is 2.87. The summed E-state index contributed by atoms with van der Waals surface area (Å²) in [5.74, 6) is -0.569. The van der Waals surface area contributed by atoms with Crippen molar-refractivity contribution in [1.29, 1.82) is 5.26 Å². The molecule has 2 aromatic heterocycles. The van der Waals surface area contributed by atoms with E-state index in [9.17, 15) is 9.18 Å². The summed E-state index contributed by atoms with van der Waals surface area (Å²) >= 11 is 0. The number of carbonyl (C=O) groups excluding carboxylic acids is 1. The maximum atomic E-state index is 13.0. The molecule has 0 saturated heterocycles. The fraction of sp³-hybridized carbons (Fsp3) is 0.167. The van der Waals surface area contributed by atoms with Crippen molar-refractivity contribution in [3.8, 4) is 17.2 Å². The van der Waals surface area contributed by atoms with Gasteiger partial charge in [0.05, 0.1) is 0 Å². The van der Waals surface area contributed by atoms with Crippen molar-refractivity contribution in [2.45, 2.75) is 19.6 Å². The number of hydrogen-bond donors (Lipinski definition) is 0. The van der Waals surface area contributed by atoms with Crippen LogP contribution < -0.4 is 0 Å². The molecule has 7 nitrogen and oxygen atoms in total. The molecule has 3 heterocycles. The molecule has 4 rings (SSSR count). The average molecular weight is 348 g/mol. The summed E-state index contributed by atoms with van der Waals surface area (Å²) in [5, 5.41) is 12.7. The van der Waals surface area contributed by atoms with E-state index >= 15 is 0 Å². The maximum Gasteiger partial charge on any atom is 0.252 e. The van der Waals surface area contributed by atoms with E-state index < -0.39 is 5.95 Å². The Morgan fingerprint density at radius 2 is 1.96 bits per heavy atom. The van der Waals surface area contributed by atoms with E-state index in [1.165, 1.54) is 23.3 Å². The zero-order chi connectivity index (χ0) is 18.1. The first-order valence-corrected chi connectivity index (χ1v) is 7.93. The summed E-state index contributed by atoms with van der Waals surface area (Å²) in [6, 6.07) is 10.8. The predicted octanol–water partition coefficient (Wildman–Crippen LogP) is 1.89. The van der Waals surface area contributed by atoms with E-state index in [0.29, 0.717) is 13.1 Å². The van der Waals surface area contributed by atoms with Gasteiger partial charge in [-0.2, -0.15) is 9.65 Å². The van der Waals surface area contributed by atoms with Crippen LogP contribution >= 0.6 is 0 Å². The molecule has 1 aromatic carbocycles. The number of aromatic nitrogens is 4. The molecule has 3 aromatic rings. The molecule has 0 saturated carbocycles. The molecule has 8 heteroatoms. The number of hydrogen-bond acceptors (Lipinski definition) is 5. The molecule has 0 radical (unpaired) electrons. The van der Waals surface area contributed by atoms with Crippen LogP contribution in [0.4, 0.5) is 4.39 Å². The number of rotatable bonds is 3. The van der Waals surface area contributed by atoms with Crippen LogP contribution in [0, 0.1) is 17.3 Å². The van der Waals surface area contributed by atoms with Gasteiger partial charge in [-0.1, -0.05) is 12.1 Å². The predicted molar refractivity (Wildman–Crippen MR) is 88.6 cm³/mol. The Morgan fingerprint density at radius 3 is 2.69 bits per heavy atom. The number of nitriles is 1. The summed E-state index contributed by atoms with van der Waals surface area (Å²) in [4.78, 5) is 21.7. The van der Waals surface area contributed by atoms with Crippen molar-refractivity contribution in [3.63, 3.8) is 0 Å². The monoisotopic (exact) mass is 348 g/mol. The molecule has 1 aliphatic rings. The van der Waals surface area contributed by atoms with Gasteiger partial charge in [0, 0.05) is 24.8 Å². The van der Waals surface area contributed by atoms with Gasteiger partial charge >= 0.3 is 0 Å². The van der Waals surface area contributed by atoms with Gasteiger partial charge in [-0.15, -0.1) is 5.10 Å². The molecule has 0 N–H and O–H groups in total. The summed E-state index contributed by atoms with van der Waals surface area (Å²) in [7, 11) is 0. The Kier molecular flexibility index (Phi) is 3.89. The van der Waals surface area contributed by atoms with Crippen molar-refractivity contribution in [2.24, 2.45) is 0 Å². The second-order valence-corrected chi connectivity index (χ2v) is 5.98.